The molecule has 3 aromatic rings. The van der Waals surface area contributed by atoms with Crippen LogP contribution >= 0.6 is 11.6 Å². The topological polar surface area (TPSA) is 66.8 Å². The second kappa shape index (κ2) is 10.5. The van der Waals surface area contributed by atoms with Crippen LogP contribution in [0.25, 0.3) is 5.76 Å². The Labute approximate surface area is 236 Å². The summed E-state index contributed by atoms with van der Waals surface area (Å²) in [7, 11) is 1.61. The van der Waals surface area contributed by atoms with Gasteiger partial charge in [0, 0.05) is 16.3 Å². The number of nitrogens with zero attached hydrogens (tertiary/aromatic N) is 1. The van der Waals surface area contributed by atoms with Crippen LogP contribution in [0.15, 0.2) is 60.2 Å². The van der Waals surface area contributed by atoms with Gasteiger partial charge in [0.25, 0.3) is 11.7 Å². The molecule has 6 heteroatoms. The van der Waals surface area contributed by atoms with Crippen LogP contribution in [0.3, 0.4) is 0 Å². The number of methoxy groups -OCH3 is 1. The molecule has 1 unspecified atom stereocenters. The molecule has 0 aliphatic carbocycles. The zero-order valence-corrected chi connectivity index (χ0v) is 24.6. The highest BCUT2D eigenvalue weighted by Crippen LogP contribution is 2.44. The van der Waals surface area contributed by atoms with E-state index in [9.17, 15) is 14.7 Å². The van der Waals surface area contributed by atoms with Gasteiger partial charge in [0.05, 0.1) is 18.7 Å². The molecule has 5 nitrogen and oxygen atoms in total. The highest BCUT2D eigenvalue weighted by Gasteiger charge is 2.47. The maximum absolute atomic E-state index is 13.7. The number of aliphatic hydroxyl groups is 1. The van der Waals surface area contributed by atoms with E-state index in [1.54, 1.807) is 19.2 Å². The normalized spacial score (nSPS) is 17.3. The van der Waals surface area contributed by atoms with Gasteiger partial charge in [0.15, 0.2) is 0 Å². The lowest BCUT2D eigenvalue weighted by molar-refractivity contribution is -0.132. The van der Waals surface area contributed by atoms with E-state index in [1.807, 2.05) is 70.2 Å². The number of benzene rings is 3. The molecule has 0 spiro atoms. The molecule has 204 valence electrons. The second-order valence-corrected chi connectivity index (χ2v) is 11.9. The third kappa shape index (κ3) is 5.20. The van der Waals surface area contributed by atoms with Crippen molar-refractivity contribution < 1.29 is 19.4 Å². The maximum Gasteiger partial charge on any atom is 0.300 e. The lowest BCUT2D eigenvalue weighted by Crippen LogP contribution is -2.29. The number of hydrogen-bond acceptors (Lipinski definition) is 4. The van der Waals surface area contributed by atoms with Crippen molar-refractivity contribution in [3.05, 3.63) is 98.6 Å². The van der Waals surface area contributed by atoms with E-state index in [0.717, 1.165) is 27.8 Å². The highest BCUT2D eigenvalue weighted by molar-refractivity contribution is 6.51. The molecule has 0 saturated carbocycles. The van der Waals surface area contributed by atoms with Crippen molar-refractivity contribution in [1.82, 2.24) is 0 Å². The lowest BCUT2D eigenvalue weighted by atomic mass is 9.85. The van der Waals surface area contributed by atoms with Gasteiger partial charge in [-0.3, -0.25) is 14.5 Å². The van der Waals surface area contributed by atoms with Crippen LogP contribution in [0.5, 0.6) is 5.75 Å². The summed E-state index contributed by atoms with van der Waals surface area (Å²) in [5.41, 5.74) is 5.29. The zero-order valence-electron chi connectivity index (χ0n) is 23.8. The number of aryl methyl sites for hydroxylation is 2. The van der Waals surface area contributed by atoms with Crippen LogP contribution in [-0.4, -0.2) is 23.9 Å². The minimum atomic E-state index is -0.832. The number of halogens is 1. The van der Waals surface area contributed by atoms with Crippen molar-refractivity contribution in [2.45, 2.75) is 65.8 Å². The number of ketones is 1. The fraction of sp³-hybridized carbons (Fsp3) is 0.333. The molecule has 4 rings (SSSR count). The molecule has 1 saturated heterocycles. The van der Waals surface area contributed by atoms with Gasteiger partial charge in [-0.15, -0.1) is 0 Å². The Balaban J connectivity index is 1.99. The number of carbonyl (C=O) groups excluding carboxylic acids is 2. The Morgan fingerprint density at radius 2 is 1.62 bits per heavy atom. The van der Waals surface area contributed by atoms with E-state index < -0.39 is 17.7 Å². The van der Waals surface area contributed by atoms with Gasteiger partial charge in [0.2, 0.25) is 0 Å². The van der Waals surface area contributed by atoms with Crippen LogP contribution < -0.4 is 9.64 Å². The number of amides is 1. The summed E-state index contributed by atoms with van der Waals surface area (Å²) in [5, 5.41) is 12.2. The molecule has 39 heavy (non-hydrogen) atoms. The maximum atomic E-state index is 13.7. The first-order valence-corrected chi connectivity index (χ1v) is 13.5. The quantitative estimate of drug-likeness (QED) is 0.200. The highest BCUT2D eigenvalue weighted by atomic mass is 35.5. The summed E-state index contributed by atoms with van der Waals surface area (Å²) in [6, 6.07) is 16.0. The number of Topliss-reactive ketones (excluding diaryl/α,β-unsaturated/α-hetero) is 1. The average Bonchev–Trinajstić information content (AvgIpc) is 3.14. The van der Waals surface area contributed by atoms with Crippen molar-refractivity contribution in [3.63, 3.8) is 0 Å². The number of rotatable bonds is 5. The summed E-state index contributed by atoms with van der Waals surface area (Å²) in [6.07, 6.45) is 0. The van der Waals surface area contributed by atoms with Gasteiger partial charge < -0.3 is 9.84 Å². The first-order chi connectivity index (χ1) is 18.3. The predicted molar refractivity (Wildman–Crippen MR) is 158 cm³/mol. The van der Waals surface area contributed by atoms with Crippen molar-refractivity contribution in [1.29, 1.82) is 0 Å². The summed E-state index contributed by atoms with van der Waals surface area (Å²) in [6.45, 7) is 14.2. The Morgan fingerprint density at radius 3 is 2.15 bits per heavy atom. The molecule has 1 aliphatic rings. The number of hydrogen-bond donors (Lipinski definition) is 1. The number of anilines is 1. The van der Waals surface area contributed by atoms with Crippen LogP contribution in [0.4, 0.5) is 5.69 Å². The van der Waals surface area contributed by atoms with E-state index >= 15 is 0 Å². The average molecular weight is 546 g/mol. The zero-order chi connectivity index (χ0) is 28.8. The second-order valence-electron chi connectivity index (χ2n) is 11.5. The minimum Gasteiger partial charge on any atom is -0.507 e. The molecule has 1 aliphatic heterocycles. The molecule has 1 fully saturated rings. The minimum absolute atomic E-state index is 0.0446. The third-order valence-electron chi connectivity index (χ3n) is 7.42. The van der Waals surface area contributed by atoms with E-state index in [1.165, 1.54) is 4.90 Å². The van der Waals surface area contributed by atoms with E-state index in [2.05, 4.69) is 20.8 Å². The Bertz CT molecular complexity index is 1480. The summed E-state index contributed by atoms with van der Waals surface area (Å²) >= 11 is 6.44. The molecule has 0 radical (unpaired) electrons. The van der Waals surface area contributed by atoms with Gasteiger partial charge in [-0.05, 0) is 77.3 Å². The van der Waals surface area contributed by atoms with Crippen molar-refractivity contribution in [3.8, 4) is 5.75 Å². The molecule has 1 atom stereocenters. The van der Waals surface area contributed by atoms with Crippen molar-refractivity contribution in [2.24, 2.45) is 0 Å². The first-order valence-electron chi connectivity index (χ1n) is 13.1. The first kappa shape index (κ1) is 28.4. The Morgan fingerprint density at radius 1 is 0.974 bits per heavy atom. The monoisotopic (exact) mass is 545 g/mol. The van der Waals surface area contributed by atoms with Gasteiger partial charge in [-0.25, -0.2) is 0 Å². The molecule has 1 heterocycles. The third-order valence-corrected chi connectivity index (χ3v) is 7.83. The molecule has 0 bridgehead atoms. The smallest absolute Gasteiger partial charge is 0.300 e. The fourth-order valence-electron chi connectivity index (χ4n) is 5.04. The summed E-state index contributed by atoms with van der Waals surface area (Å²) < 4.78 is 5.57. The summed E-state index contributed by atoms with van der Waals surface area (Å²) in [4.78, 5) is 28.7. The van der Waals surface area contributed by atoms with E-state index in [4.69, 9.17) is 16.3 Å². The largest absolute Gasteiger partial charge is 0.507 e. The fourth-order valence-corrected chi connectivity index (χ4v) is 5.21. The molecular weight excluding hydrogens is 510 g/mol. The van der Waals surface area contributed by atoms with E-state index in [0.29, 0.717) is 22.0 Å². The van der Waals surface area contributed by atoms with Gasteiger partial charge in [0.1, 0.15) is 11.5 Å². The van der Waals surface area contributed by atoms with Crippen molar-refractivity contribution in [2.75, 3.05) is 12.0 Å². The van der Waals surface area contributed by atoms with Crippen LogP contribution in [0.2, 0.25) is 5.02 Å². The molecule has 0 aromatic heterocycles. The molecule has 1 amide bonds. The summed E-state index contributed by atoms with van der Waals surface area (Å²) in [5.74, 6) is -0.832. The van der Waals surface area contributed by atoms with Crippen molar-refractivity contribution >= 4 is 34.7 Å². The standard InChI is InChI=1S/C33H36ClNO4/c1-18(2)24-17-25(20(4)15-27(24)39-8)30(36)28-29(21-10-12-22(13-11-21)33(5,6)7)35(32(38)31(28)37)23-14-9-19(3)26(34)16-23/h9-18,29,36H,1-8H3/b30-28+. The lowest BCUT2D eigenvalue weighted by Gasteiger charge is -2.27. The van der Waals surface area contributed by atoms with E-state index in [-0.39, 0.29) is 22.7 Å². The van der Waals surface area contributed by atoms with Gasteiger partial charge in [-0.1, -0.05) is 76.6 Å². The number of carbonyl (C=O) groups is 2. The molecule has 1 N–H and O–H groups in total. The van der Waals surface area contributed by atoms with Crippen LogP contribution in [0, 0.1) is 13.8 Å². The Hall–Kier alpha value is -3.57. The van der Waals surface area contributed by atoms with Gasteiger partial charge in [-0.2, -0.15) is 0 Å². The number of ether oxygens (including phenoxy) is 1. The Kier molecular flexibility index (Phi) is 7.68. The molecular formula is C33H36ClNO4. The van der Waals surface area contributed by atoms with Crippen LogP contribution in [-0.2, 0) is 15.0 Å². The predicted octanol–water partition coefficient (Wildman–Crippen LogP) is 8.01. The van der Waals surface area contributed by atoms with Gasteiger partial charge >= 0.3 is 0 Å². The molecule has 3 aromatic carbocycles. The number of aliphatic hydroxyl groups excluding tert-OH is 1. The van der Waals surface area contributed by atoms with Crippen LogP contribution in [0.1, 0.15) is 80.0 Å². The SMILES string of the molecule is COc1cc(C)c(/C(O)=C2\C(=O)C(=O)N(c3ccc(C)c(Cl)c3)C2c2ccc(C(C)(C)C)cc2)cc1C(C)C.